The Hall–Kier alpha value is -1.95. The predicted molar refractivity (Wildman–Crippen MR) is 144 cm³/mol. The van der Waals surface area contributed by atoms with E-state index in [1.165, 1.54) is 0 Å². The van der Waals surface area contributed by atoms with E-state index in [0.29, 0.717) is 0 Å². The monoisotopic (exact) mass is 614 g/mol. The molecule has 0 bridgehead atoms. The highest BCUT2D eigenvalue weighted by Crippen LogP contribution is 2.27. The van der Waals surface area contributed by atoms with Crippen molar-refractivity contribution in [1.82, 2.24) is 0 Å². The van der Waals surface area contributed by atoms with Gasteiger partial charge in [0.25, 0.3) is 0 Å². The molecule has 0 radical (unpaired) electrons. The van der Waals surface area contributed by atoms with Crippen LogP contribution in [0.1, 0.15) is 75.2 Å². The van der Waals surface area contributed by atoms with E-state index in [0.717, 1.165) is 0 Å². The zero-order chi connectivity index (χ0) is 32.1. The molecule has 0 atom stereocenters. The van der Waals surface area contributed by atoms with Gasteiger partial charge in [-0.2, -0.15) is 0 Å². The molecule has 0 saturated carbocycles. The summed E-state index contributed by atoms with van der Waals surface area (Å²) in [4.78, 5) is 39.7. The largest absolute Gasteiger partial charge is 0.462 e. The van der Waals surface area contributed by atoms with Gasteiger partial charge in [-0.05, 0) is 62.3 Å². The van der Waals surface area contributed by atoms with Gasteiger partial charge in [-0.25, -0.2) is 0 Å². The second kappa shape index (κ2) is 21.7. The lowest BCUT2D eigenvalue weighted by Gasteiger charge is -2.33. The lowest BCUT2D eigenvalue weighted by atomic mass is 10.0. The van der Waals surface area contributed by atoms with Gasteiger partial charge in [-0.15, -0.1) is 0 Å². The number of carbonyl (C=O) groups excluding carboxylic acids is 3. The summed E-state index contributed by atoms with van der Waals surface area (Å²) in [6, 6.07) is 0. The van der Waals surface area contributed by atoms with Crippen LogP contribution in [0, 0.1) is 5.92 Å². The number of hydrogen-bond acceptors (Lipinski definition) is 15. The van der Waals surface area contributed by atoms with Crippen LogP contribution in [0.5, 0.6) is 0 Å². The Balaban J connectivity index is 6.29. The van der Waals surface area contributed by atoms with Crippen LogP contribution in [0.15, 0.2) is 0 Å². The average Bonchev–Trinajstić information content (AvgIpc) is 2.89. The molecule has 15 nitrogen and oxygen atoms in total. The number of hydrogen-bond donors (Lipinski definition) is 0. The Morgan fingerprint density at radius 1 is 0.405 bits per heavy atom. The van der Waals surface area contributed by atoms with Gasteiger partial charge in [0.15, 0.2) is 0 Å². The zero-order valence-corrected chi connectivity index (χ0v) is 26.5. The molecule has 248 valence electrons. The van der Waals surface area contributed by atoms with Crippen molar-refractivity contribution in [3.05, 3.63) is 0 Å². The minimum Gasteiger partial charge on any atom is -0.384 e. The number of carbonyl (C=O) groups is 3. The van der Waals surface area contributed by atoms with E-state index in [1.54, 1.807) is 62.3 Å². The summed E-state index contributed by atoms with van der Waals surface area (Å²) in [7, 11) is 0. The fourth-order valence-electron chi connectivity index (χ4n) is 3.44. The lowest BCUT2D eigenvalue weighted by Crippen LogP contribution is -2.47. The highest BCUT2D eigenvalue weighted by atomic mass is 17.0. The highest BCUT2D eigenvalue weighted by Gasteiger charge is 2.45. The van der Waals surface area contributed by atoms with Crippen molar-refractivity contribution < 1.29 is 71.2 Å². The Kier molecular flexibility index (Phi) is 20.7. The highest BCUT2D eigenvalue weighted by molar-refractivity contribution is 5.84. The molecule has 0 amide bonds. The molecule has 0 aromatic carbocycles. The van der Waals surface area contributed by atoms with E-state index in [1.807, 2.05) is 0 Å². The van der Waals surface area contributed by atoms with Crippen LogP contribution in [0.2, 0.25) is 0 Å². The summed E-state index contributed by atoms with van der Waals surface area (Å²) < 4.78 is 65.1. The van der Waals surface area contributed by atoms with E-state index in [2.05, 4.69) is 0 Å². The summed E-state index contributed by atoms with van der Waals surface area (Å²) in [6.07, 6.45) is -7.95. The van der Waals surface area contributed by atoms with Crippen LogP contribution in [0.25, 0.3) is 0 Å². The first kappa shape index (κ1) is 40.1. The van der Waals surface area contributed by atoms with E-state index >= 15 is 0 Å². The first-order chi connectivity index (χ1) is 20.0. The molecule has 0 fully saturated rings. The van der Waals surface area contributed by atoms with Gasteiger partial charge in [-0.3, -0.25) is 57.0 Å². The zero-order valence-electron chi connectivity index (χ0n) is 26.5. The molecule has 0 rings (SSSR count). The molecule has 0 aliphatic heterocycles. The minimum atomic E-state index is -2.22. The third-order valence-electron chi connectivity index (χ3n) is 4.75. The van der Waals surface area contributed by atoms with Gasteiger partial charge in [0.1, 0.15) is 0 Å². The van der Waals surface area contributed by atoms with E-state index in [-0.39, 0.29) is 59.5 Å². The maximum Gasteiger partial charge on any atom is 0.462 e. The molecule has 15 heteroatoms. The lowest BCUT2D eigenvalue weighted by molar-refractivity contribution is -0.483. The van der Waals surface area contributed by atoms with Crippen LogP contribution >= 0.6 is 0 Å². The van der Waals surface area contributed by atoms with Crippen molar-refractivity contribution in [3.8, 4) is 0 Å². The number of rotatable bonds is 26. The molecule has 0 saturated heterocycles. The smallest absolute Gasteiger partial charge is 0.384 e. The third kappa shape index (κ3) is 14.0. The maximum absolute atomic E-state index is 13.5. The van der Waals surface area contributed by atoms with Gasteiger partial charge < -0.3 is 14.2 Å². The molecule has 0 aromatic heterocycles. The fourth-order valence-corrected chi connectivity index (χ4v) is 3.44. The third-order valence-corrected chi connectivity index (χ3v) is 4.75. The second-order valence-electron chi connectivity index (χ2n) is 7.87. The quantitative estimate of drug-likeness (QED) is 0.0792. The molecular formula is C27H50O15. The molecule has 0 spiro atoms. The van der Waals surface area contributed by atoms with E-state index in [9.17, 15) is 14.4 Å². The summed E-state index contributed by atoms with van der Waals surface area (Å²) >= 11 is 0. The maximum atomic E-state index is 13.5. The predicted octanol–water partition coefficient (Wildman–Crippen LogP) is 3.17. The van der Waals surface area contributed by atoms with Crippen LogP contribution in [0.3, 0.4) is 0 Å². The van der Waals surface area contributed by atoms with Crippen molar-refractivity contribution in [2.24, 2.45) is 5.92 Å². The summed E-state index contributed by atoms with van der Waals surface area (Å²) in [5.41, 5.74) is 0. The first-order valence-electron chi connectivity index (χ1n) is 14.4. The number of esters is 3. The minimum absolute atomic E-state index is 0.0429. The summed E-state index contributed by atoms with van der Waals surface area (Å²) in [5, 5.41) is 0. The Morgan fingerprint density at radius 2 is 0.619 bits per heavy atom. The Bertz CT molecular complexity index is 667. The van der Waals surface area contributed by atoms with Crippen molar-refractivity contribution in [3.63, 3.8) is 0 Å². The topological polar surface area (TPSA) is 162 Å². The van der Waals surface area contributed by atoms with Crippen LogP contribution in [-0.4, -0.2) is 95.8 Å². The van der Waals surface area contributed by atoms with Gasteiger partial charge in [0, 0.05) is 0 Å². The molecule has 0 aromatic rings. The van der Waals surface area contributed by atoms with E-state index in [4.69, 9.17) is 56.8 Å². The van der Waals surface area contributed by atoms with Crippen LogP contribution < -0.4 is 0 Å². The van der Waals surface area contributed by atoms with Crippen LogP contribution in [-0.2, 0) is 71.2 Å². The molecule has 0 N–H and O–H groups in total. The average molecular weight is 615 g/mol. The molecule has 42 heavy (non-hydrogen) atoms. The van der Waals surface area contributed by atoms with E-state index < -0.39 is 55.1 Å². The normalized spacial score (nSPS) is 12.4. The van der Waals surface area contributed by atoms with Crippen molar-refractivity contribution in [2.45, 2.75) is 93.6 Å². The molecule has 0 aliphatic rings. The molecule has 0 aliphatic carbocycles. The summed E-state index contributed by atoms with van der Waals surface area (Å²) in [6.45, 7) is 15.3. The number of ether oxygens (including phenoxy) is 12. The van der Waals surface area contributed by atoms with Gasteiger partial charge in [-0.1, -0.05) is 0 Å². The van der Waals surface area contributed by atoms with Gasteiger partial charge in [0.05, 0.1) is 78.2 Å². The van der Waals surface area contributed by atoms with Gasteiger partial charge in [0.2, 0.25) is 0 Å². The first-order valence-corrected chi connectivity index (χ1v) is 14.4. The Morgan fingerprint density at radius 3 is 0.833 bits per heavy atom. The standard InChI is InChI=1S/C27H50O15/c1-10-31-25(32-11-2,33-12-3)40-22(28)19-21(24(30)42-27(37-16-7,38-17-8)39-18-9)20-23(29)41-26(34-13-4,35-14-5)36-15-6/h21H,10-20H2,1-9H3. The molecular weight excluding hydrogens is 564 g/mol. The SMILES string of the molecule is CCOC(OCC)(OCC)OC(=O)CC(CC(=O)OC(OCC)(OCC)OCC)C(=O)OC(OCC)(OCC)OCC. The van der Waals surface area contributed by atoms with Gasteiger partial charge >= 0.3 is 36.4 Å². The fraction of sp³-hybridized carbons (Fsp3) is 0.889. The molecule has 0 unspecified atom stereocenters. The van der Waals surface area contributed by atoms with Crippen molar-refractivity contribution in [2.75, 3.05) is 59.5 Å². The molecule has 0 heterocycles. The van der Waals surface area contributed by atoms with Crippen molar-refractivity contribution >= 4 is 17.9 Å². The summed E-state index contributed by atoms with van der Waals surface area (Å²) in [5.74, 6) is -4.62. The Labute approximate surface area is 248 Å². The van der Waals surface area contributed by atoms with Crippen LogP contribution in [0.4, 0.5) is 0 Å². The van der Waals surface area contributed by atoms with Crippen molar-refractivity contribution in [1.29, 1.82) is 0 Å². The second-order valence-corrected chi connectivity index (χ2v) is 7.87.